The van der Waals surface area contributed by atoms with Crippen molar-refractivity contribution >= 4 is 0 Å². The van der Waals surface area contributed by atoms with Crippen molar-refractivity contribution in [3.63, 3.8) is 0 Å². The molecule has 1 atom stereocenters. The normalized spacial score (nSPS) is 12.4. The molecule has 2 aromatic rings. The minimum atomic E-state index is -0.809. The molecular formula is C17H20F2N2. The summed E-state index contributed by atoms with van der Waals surface area (Å²) in [6.45, 7) is 4.91. The number of halogens is 2. The van der Waals surface area contributed by atoms with Crippen molar-refractivity contribution in [2.45, 2.75) is 32.7 Å². The minimum absolute atomic E-state index is 0.0662. The van der Waals surface area contributed by atoms with Crippen LogP contribution >= 0.6 is 0 Å². The van der Waals surface area contributed by atoms with Crippen LogP contribution in [0.2, 0.25) is 0 Å². The Hall–Kier alpha value is -1.81. The molecule has 1 aromatic carbocycles. The molecule has 0 amide bonds. The van der Waals surface area contributed by atoms with Crippen LogP contribution < -0.4 is 5.32 Å². The Kier molecular flexibility index (Phi) is 5.39. The Morgan fingerprint density at radius 3 is 2.62 bits per heavy atom. The first-order chi connectivity index (χ1) is 10.1. The number of pyridine rings is 1. The number of rotatable bonds is 6. The van der Waals surface area contributed by atoms with Crippen LogP contribution in [0, 0.1) is 18.6 Å². The summed E-state index contributed by atoms with van der Waals surface area (Å²) in [4.78, 5) is 4.20. The van der Waals surface area contributed by atoms with Crippen molar-refractivity contribution < 1.29 is 8.78 Å². The van der Waals surface area contributed by atoms with E-state index in [9.17, 15) is 8.78 Å². The summed E-state index contributed by atoms with van der Waals surface area (Å²) in [6, 6.07) is 8.13. The van der Waals surface area contributed by atoms with Crippen LogP contribution in [0.3, 0.4) is 0 Å². The van der Waals surface area contributed by atoms with Gasteiger partial charge in [0.1, 0.15) is 0 Å². The molecule has 112 valence electrons. The van der Waals surface area contributed by atoms with Crippen molar-refractivity contribution in [1.29, 1.82) is 0 Å². The highest BCUT2D eigenvalue weighted by molar-refractivity contribution is 5.25. The monoisotopic (exact) mass is 290 g/mol. The Bertz CT molecular complexity index is 599. The van der Waals surface area contributed by atoms with E-state index in [2.05, 4.69) is 17.2 Å². The molecule has 0 bridgehead atoms. The van der Waals surface area contributed by atoms with Crippen LogP contribution in [0.4, 0.5) is 8.78 Å². The van der Waals surface area contributed by atoms with E-state index in [1.54, 1.807) is 12.3 Å². The van der Waals surface area contributed by atoms with E-state index in [1.807, 2.05) is 19.1 Å². The van der Waals surface area contributed by atoms with Crippen molar-refractivity contribution in [3.8, 4) is 0 Å². The second kappa shape index (κ2) is 7.27. The molecule has 0 saturated heterocycles. The predicted octanol–water partition coefficient (Wildman–Crippen LogP) is 3.95. The number of aryl methyl sites for hydroxylation is 1. The van der Waals surface area contributed by atoms with E-state index in [1.165, 1.54) is 12.1 Å². The highest BCUT2D eigenvalue weighted by atomic mass is 19.2. The largest absolute Gasteiger partial charge is 0.310 e. The molecule has 1 aromatic heterocycles. The third-order valence-electron chi connectivity index (χ3n) is 3.39. The highest BCUT2D eigenvalue weighted by Gasteiger charge is 2.13. The lowest BCUT2D eigenvalue weighted by Gasteiger charge is -2.19. The first-order valence-corrected chi connectivity index (χ1v) is 7.20. The van der Waals surface area contributed by atoms with Gasteiger partial charge in [-0.15, -0.1) is 0 Å². The minimum Gasteiger partial charge on any atom is -0.310 e. The van der Waals surface area contributed by atoms with Gasteiger partial charge in [0.25, 0.3) is 0 Å². The summed E-state index contributed by atoms with van der Waals surface area (Å²) in [6.07, 6.45) is 3.40. The number of benzene rings is 1. The summed E-state index contributed by atoms with van der Waals surface area (Å²) in [5.74, 6) is -1.61. The number of aromatic nitrogens is 1. The smallest absolute Gasteiger partial charge is 0.159 e. The van der Waals surface area contributed by atoms with E-state index in [-0.39, 0.29) is 6.04 Å². The van der Waals surface area contributed by atoms with E-state index < -0.39 is 11.6 Å². The molecule has 0 fully saturated rings. The zero-order valence-electron chi connectivity index (χ0n) is 12.4. The number of hydrogen-bond donors (Lipinski definition) is 1. The summed E-state index contributed by atoms with van der Waals surface area (Å²) >= 11 is 0. The fraction of sp³-hybridized carbons (Fsp3) is 0.353. The average molecular weight is 290 g/mol. The van der Waals surface area contributed by atoms with Gasteiger partial charge in [0.05, 0.1) is 0 Å². The molecule has 0 aliphatic heterocycles. The van der Waals surface area contributed by atoms with Crippen LogP contribution in [0.25, 0.3) is 0 Å². The first-order valence-electron chi connectivity index (χ1n) is 7.20. The summed E-state index contributed by atoms with van der Waals surface area (Å²) in [7, 11) is 0. The van der Waals surface area contributed by atoms with Crippen LogP contribution in [-0.4, -0.2) is 11.5 Å². The maximum Gasteiger partial charge on any atom is 0.159 e. The Labute approximate surface area is 124 Å². The van der Waals surface area contributed by atoms with Gasteiger partial charge >= 0.3 is 0 Å². The fourth-order valence-electron chi connectivity index (χ4n) is 2.31. The van der Waals surface area contributed by atoms with Gasteiger partial charge in [0.2, 0.25) is 0 Å². The van der Waals surface area contributed by atoms with Crippen molar-refractivity contribution in [2.75, 3.05) is 6.54 Å². The van der Waals surface area contributed by atoms with Gasteiger partial charge < -0.3 is 5.32 Å². The Morgan fingerprint density at radius 2 is 1.95 bits per heavy atom. The molecule has 2 nitrogen and oxygen atoms in total. The van der Waals surface area contributed by atoms with E-state index in [0.717, 1.165) is 29.8 Å². The lowest BCUT2D eigenvalue weighted by molar-refractivity contribution is 0.500. The van der Waals surface area contributed by atoms with Gasteiger partial charge in [0.15, 0.2) is 11.6 Å². The molecule has 0 spiro atoms. The first kappa shape index (κ1) is 15.6. The van der Waals surface area contributed by atoms with Crippen LogP contribution in [0.15, 0.2) is 36.5 Å². The van der Waals surface area contributed by atoms with E-state index in [0.29, 0.717) is 6.42 Å². The van der Waals surface area contributed by atoms with Crippen molar-refractivity contribution in [3.05, 3.63) is 65.0 Å². The fourth-order valence-corrected chi connectivity index (χ4v) is 2.31. The van der Waals surface area contributed by atoms with Crippen molar-refractivity contribution in [2.24, 2.45) is 0 Å². The molecule has 1 N–H and O–H groups in total. The van der Waals surface area contributed by atoms with E-state index in [4.69, 9.17) is 0 Å². The topological polar surface area (TPSA) is 24.9 Å². The summed E-state index contributed by atoms with van der Waals surface area (Å²) < 4.78 is 26.4. The average Bonchev–Trinajstić information content (AvgIpc) is 2.47. The van der Waals surface area contributed by atoms with Crippen LogP contribution in [-0.2, 0) is 6.42 Å². The van der Waals surface area contributed by atoms with Crippen LogP contribution in [0.5, 0.6) is 0 Å². The molecule has 21 heavy (non-hydrogen) atoms. The molecule has 1 unspecified atom stereocenters. The zero-order valence-corrected chi connectivity index (χ0v) is 12.4. The molecule has 0 saturated carbocycles. The number of hydrogen-bond acceptors (Lipinski definition) is 2. The van der Waals surface area contributed by atoms with E-state index >= 15 is 0 Å². The molecular weight excluding hydrogens is 270 g/mol. The third-order valence-corrected chi connectivity index (χ3v) is 3.39. The molecule has 2 rings (SSSR count). The van der Waals surface area contributed by atoms with Gasteiger partial charge in [-0.25, -0.2) is 8.78 Å². The molecule has 0 aliphatic rings. The molecule has 0 aliphatic carbocycles. The number of nitrogens with one attached hydrogen (secondary N) is 1. The lowest BCUT2D eigenvalue weighted by Crippen LogP contribution is -2.24. The maximum atomic E-state index is 13.3. The van der Waals surface area contributed by atoms with Crippen molar-refractivity contribution in [1.82, 2.24) is 10.3 Å². The Balaban J connectivity index is 2.21. The van der Waals surface area contributed by atoms with Gasteiger partial charge in [-0.1, -0.05) is 13.0 Å². The molecule has 0 radical (unpaired) electrons. The second-order valence-electron chi connectivity index (χ2n) is 5.19. The quantitative estimate of drug-likeness (QED) is 0.871. The molecule has 4 heteroatoms. The zero-order chi connectivity index (χ0) is 15.2. The van der Waals surface area contributed by atoms with Gasteiger partial charge in [-0.05, 0) is 61.7 Å². The predicted molar refractivity (Wildman–Crippen MR) is 80.1 cm³/mol. The SMILES string of the molecule is CCCNC(Cc1ccc(F)c(F)c1)c1ccnc(C)c1. The van der Waals surface area contributed by atoms with Gasteiger partial charge in [-0.3, -0.25) is 4.98 Å². The van der Waals surface area contributed by atoms with Gasteiger partial charge in [0, 0.05) is 17.9 Å². The second-order valence-corrected chi connectivity index (χ2v) is 5.19. The summed E-state index contributed by atoms with van der Waals surface area (Å²) in [5.41, 5.74) is 2.83. The Morgan fingerprint density at radius 1 is 1.14 bits per heavy atom. The maximum absolute atomic E-state index is 13.3. The molecule has 1 heterocycles. The summed E-state index contributed by atoms with van der Waals surface area (Å²) in [5, 5.41) is 3.45. The lowest BCUT2D eigenvalue weighted by atomic mass is 9.98. The van der Waals surface area contributed by atoms with Crippen LogP contribution in [0.1, 0.15) is 36.2 Å². The highest BCUT2D eigenvalue weighted by Crippen LogP contribution is 2.20. The van der Waals surface area contributed by atoms with Gasteiger partial charge in [-0.2, -0.15) is 0 Å². The number of nitrogens with zero attached hydrogens (tertiary/aromatic N) is 1. The third kappa shape index (κ3) is 4.33. The standard InChI is InChI=1S/C17H20F2N2/c1-3-7-21-17(14-6-8-20-12(2)9-14)11-13-4-5-15(18)16(19)10-13/h4-6,8-10,17,21H,3,7,11H2,1-2H3.